The Morgan fingerprint density at radius 1 is 1.08 bits per heavy atom. The molecule has 0 aliphatic heterocycles. The molecule has 0 heterocycles. The average molecular weight is 165 g/mol. The van der Waals surface area contributed by atoms with E-state index >= 15 is 0 Å². The highest BCUT2D eigenvalue weighted by atomic mass is 16.1. The van der Waals surface area contributed by atoms with Gasteiger partial charge in [-0.2, -0.15) is 0 Å². The van der Waals surface area contributed by atoms with Gasteiger partial charge in [0.05, 0.1) is 0 Å². The van der Waals surface area contributed by atoms with Gasteiger partial charge in [0.2, 0.25) is 0 Å². The van der Waals surface area contributed by atoms with E-state index in [-0.39, 0.29) is 0 Å². The molecular formula is C10H15NO. The summed E-state index contributed by atoms with van der Waals surface area (Å²) in [7, 11) is 6.00. The van der Waals surface area contributed by atoms with E-state index in [2.05, 4.69) is 0 Å². The zero-order valence-electron chi connectivity index (χ0n) is 7.82. The average Bonchev–Trinajstić information content (AvgIpc) is 2.05. The zero-order valence-corrected chi connectivity index (χ0v) is 7.82. The van der Waals surface area contributed by atoms with Gasteiger partial charge in [-0.3, -0.25) is 4.79 Å². The molecule has 66 valence electrons. The van der Waals surface area contributed by atoms with E-state index in [4.69, 9.17) is 0 Å². The standard InChI is InChI=1S/C7H6O.C3H9N/c8-6-7-4-2-1-3-5-7;1-4(2)3/h1-6H;1-3H3. The number of carbonyl (C=O) groups excluding carboxylic acids is 1. The zero-order chi connectivity index (χ0) is 9.40. The van der Waals surface area contributed by atoms with Crippen molar-refractivity contribution in [2.24, 2.45) is 0 Å². The maximum Gasteiger partial charge on any atom is 0.150 e. The van der Waals surface area contributed by atoms with Gasteiger partial charge < -0.3 is 4.90 Å². The molecule has 0 aromatic heterocycles. The first-order valence-corrected chi connectivity index (χ1v) is 3.78. The van der Waals surface area contributed by atoms with Crippen LogP contribution in [0.4, 0.5) is 0 Å². The maximum atomic E-state index is 10.0. The Hall–Kier alpha value is -1.15. The molecule has 1 aromatic carbocycles. The topological polar surface area (TPSA) is 20.3 Å². The number of carbonyl (C=O) groups is 1. The first-order chi connectivity index (χ1) is 5.66. The van der Waals surface area contributed by atoms with Crippen molar-refractivity contribution in [1.82, 2.24) is 4.90 Å². The van der Waals surface area contributed by atoms with Gasteiger partial charge in [-0.15, -0.1) is 0 Å². The molecule has 0 N–H and O–H groups in total. The third-order valence-corrected chi connectivity index (χ3v) is 0.936. The van der Waals surface area contributed by atoms with Crippen molar-refractivity contribution in [2.75, 3.05) is 21.1 Å². The number of rotatable bonds is 1. The second-order valence-corrected chi connectivity index (χ2v) is 2.87. The molecule has 0 amide bonds. The van der Waals surface area contributed by atoms with Crippen molar-refractivity contribution < 1.29 is 4.79 Å². The first-order valence-electron chi connectivity index (χ1n) is 3.78. The van der Waals surface area contributed by atoms with Gasteiger partial charge in [0.1, 0.15) is 6.29 Å². The quantitative estimate of drug-likeness (QED) is 0.590. The van der Waals surface area contributed by atoms with Crippen molar-refractivity contribution in [3.63, 3.8) is 0 Å². The van der Waals surface area contributed by atoms with E-state index in [1.165, 1.54) is 0 Å². The van der Waals surface area contributed by atoms with E-state index in [0.717, 1.165) is 11.8 Å². The monoisotopic (exact) mass is 165 g/mol. The van der Waals surface area contributed by atoms with Gasteiger partial charge in [0, 0.05) is 5.56 Å². The van der Waals surface area contributed by atoms with Crippen molar-refractivity contribution in [2.45, 2.75) is 0 Å². The van der Waals surface area contributed by atoms with Crippen LogP contribution in [0.2, 0.25) is 0 Å². The van der Waals surface area contributed by atoms with Gasteiger partial charge in [0.25, 0.3) is 0 Å². The third kappa shape index (κ3) is 6.96. The highest BCUT2D eigenvalue weighted by Gasteiger charge is 1.79. The van der Waals surface area contributed by atoms with Gasteiger partial charge in [-0.05, 0) is 21.1 Å². The minimum absolute atomic E-state index is 0.729. The van der Waals surface area contributed by atoms with Crippen LogP contribution in [0.3, 0.4) is 0 Å². The molecule has 0 saturated heterocycles. The Kier molecular flexibility index (Phi) is 5.93. The molecule has 0 unspecified atom stereocenters. The summed E-state index contributed by atoms with van der Waals surface area (Å²) in [6.45, 7) is 0. The summed E-state index contributed by atoms with van der Waals surface area (Å²) in [5.74, 6) is 0. The molecular weight excluding hydrogens is 150 g/mol. The molecule has 1 aromatic rings. The minimum Gasteiger partial charge on any atom is -0.312 e. The molecule has 0 aliphatic rings. The Bertz CT molecular complexity index is 204. The summed E-state index contributed by atoms with van der Waals surface area (Å²) in [6.07, 6.45) is 0.833. The molecule has 0 radical (unpaired) electrons. The van der Waals surface area contributed by atoms with Crippen LogP contribution in [0, 0.1) is 0 Å². The van der Waals surface area contributed by atoms with E-state index in [9.17, 15) is 4.79 Å². The lowest BCUT2D eigenvalue weighted by atomic mass is 10.2. The van der Waals surface area contributed by atoms with Crippen LogP contribution in [0.1, 0.15) is 10.4 Å². The molecule has 2 nitrogen and oxygen atoms in total. The predicted octanol–water partition coefficient (Wildman–Crippen LogP) is 1.68. The van der Waals surface area contributed by atoms with Crippen LogP contribution >= 0.6 is 0 Å². The fourth-order valence-electron chi connectivity index (χ4n) is 0.532. The summed E-state index contributed by atoms with van der Waals surface area (Å²) < 4.78 is 0. The molecule has 0 bridgehead atoms. The van der Waals surface area contributed by atoms with Crippen LogP contribution in [-0.2, 0) is 0 Å². The fourth-order valence-corrected chi connectivity index (χ4v) is 0.532. The second-order valence-electron chi connectivity index (χ2n) is 2.87. The molecule has 0 aliphatic carbocycles. The van der Waals surface area contributed by atoms with E-state index in [1.54, 1.807) is 12.1 Å². The smallest absolute Gasteiger partial charge is 0.150 e. The van der Waals surface area contributed by atoms with E-state index in [1.807, 2.05) is 44.2 Å². The summed E-state index contributed by atoms with van der Waals surface area (Å²) in [6, 6.07) is 9.10. The SMILES string of the molecule is CN(C)C.O=Cc1ccccc1. The summed E-state index contributed by atoms with van der Waals surface area (Å²) in [4.78, 5) is 12.0. The highest BCUT2D eigenvalue weighted by molar-refractivity contribution is 5.74. The summed E-state index contributed by atoms with van der Waals surface area (Å²) >= 11 is 0. The number of hydrogen-bond acceptors (Lipinski definition) is 2. The Labute approximate surface area is 73.8 Å². The number of aldehydes is 1. The van der Waals surface area contributed by atoms with Gasteiger partial charge in [-0.1, -0.05) is 30.3 Å². The highest BCUT2D eigenvalue weighted by Crippen LogP contribution is 1.91. The lowest BCUT2D eigenvalue weighted by molar-refractivity contribution is 0.112. The van der Waals surface area contributed by atoms with Gasteiger partial charge in [0.15, 0.2) is 0 Å². The molecule has 2 heteroatoms. The van der Waals surface area contributed by atoms with Crippen LogP contribution in [0.15, 0.2) is 30.3 Å². The molecule has 0 spiro atoms. The third-order valence-electron chi connectivity index (χ3n) is 0.936. The number of hydrogen-bond donors (Lipinski definition) is 0. The maximum absolute atomic E-state index is 10.0. The van der Waals surface area contributed by atoms with Gasteiger partial charge >= 0.3 is 0 Å². The number of benzene rings is 1. The predicted molar refractivity (Wildman–Crippen MR) is 51.4 cm³/mol. The summed E-state index contributed by atoms with van der Waals surface area (Å²) in [5.41, 5.74) is 0.729. The Morgan fingerprint density at radius 3 is 1.75 bits per heavy atom. The summed E-state index contributed by atoms with van der Waals surface area (Å²) in [5, 5.41) is 0. The lowest BCUT2D eigenvalue weighted by Gasteiger charge is -1.90. The second kappa shape index (κ2) is 6.55. The number of nitrogens with zero attached hydrogens (tertiary/aromatic N) is 1. The van der Waals surface area contributed by atoms with Crippen molar-refractivity contribution in [3.8, 4) is 0 Å². The van der Waals surface area contributed by atoms with Crippen LogP contribution < -0.4 is 0 Å². The molecule has 1 rings (SSSR count). The van der Waals surface area contributed by atoms with Crippen molar-refractivity contribution >= 4 is 6.29 Å². The fraction of sp³-hybridized carbons (Fsp3) is 0.300. The van der Waals surface area contributed by atoms with E-state index in [0.29, 0.717) is 0 Å². The van der Waals surface area contributed by atoms with Crippen molar-refractivity contribution in [1.29, 1.82) is 0 Å². The van der Waals surface area contributed by atoms with Gasteiger partial charge in [-0.25, -0.2) is 0 Å². The van der Waals surface area contributed by atoms with Crippen molar-refractivity contribution in [3.05, 3.63) is 35.9 Å². The Morgan fingerprint density at radius 2 is 1.50 bits per heavy atom. The van der Waals surface area contributed by atoms with E-state index < -0.39 is 0 Å². The van der Waals surface area contributed by atoms with Crippen LogP contribution in [0.25, 0.3) is 0 Å². The largest absolute Gasteiger partial charge is 0.312 e. The van der Waals surface area contributed by atoms with Crippen LogP contribution in [0.5, 0.6) is 0 Å². The molecule has 0 fully saturated rings. The Balaban J connectivity index is 0.000000261. The lowest BCUT2D eigenvalue weighted by Crippen LogP contribution is -1.99. The normalized spacial score (nSPS) is 8.67. The molecule has 0 saturated carbocycles. The van der Waals surface area contributed by atoms with Crippen LogP contribution in [-0.4, -0.2) is 32.3 Å². The minimum atomic E-state index is 0.729. The molecule has 0 atom stereocenters. The molecule has 12 heavy (non-hydrogen) atoms. The first kappa shape index (κ1) is 10.8.